The average molecular weight is 340 g/mol. The van der Waals surface area contributed by atoms with E-state index in [0.29, 0.717) is 15.7 Å². The summed E-state index contributed by atoms with van der Waals surface area (Å²) in [4.78, 5) is 12.1. The number of amides is 1. The Kier molecular flexibility index (Phi) is 5.97. The van der Waals surface area contributed by atoms with Crippen molar-refractivity contribution < 1.29 is 4.79 Å². The number of thioether (sulfide) groups is 1. The molecule has 0 saturated heterocycles. The number of hydrogen-bond acceptors (Lipinski definition) is 2. The largest absolute Gasteiger partial charge is 0.325 e. The van der Waals surface area contributed by atoms with Crippen LogP contribution in [0.5, 0.6) is 0 Å². The molecule has 0 bridgehead atoms. The van der Waals surface area contributed by atoms with Gasteiger partial charge < -0.3 is 5.32 Å². The Morgan fingerprint density at radius 1 is 1.14 bits per heavy atom. The normalized spacial score (nSPS) is 12.0. The molecule has 1 N–H and O–H groups in total. The highest BCUT2D eigenvalue weighted by Crippen LogP contribution is 2.26. The van der Waals surface area contributed by atoms with Crippen molar-refractivity contribution in [3.63, 3.8) is 0 Å². The van der Waals surface area contributed by atoms with Crippen LogP contribution in [0.4, 0.5) is 5.69 Å². The second-order valence-electron chi connectivity index (χ2n) is 4.56. The molecule has 2 nitrogen and oxygen atoms in total. The second kappa shape index (κ2) is 7.74. The van der Waals surface area contributed by atoms with Crippen LogP contribution in [0, 0.1) is 0 Å². The van der Waals surface area contributed by atoms with Crippen molar-refractivity contribution in [2.24, 2.45) is 0 Å². The second-order valence-corrected chi connectivity index (χ2v) is 6.70. The maximum Gasteiger partial charge on any atom is 0.237 e. The van der Waals surface area contributed by atoms with Crippen LogP contribution < -0.4 is 5.32 Å². The van der Waals surface area contributed by atoms with Crippen molar-refractivity contribution in [2.45, 2.75) is 17.9 Å². The van der Waals surface area contributed by atoms with Gasteiger partial charge in [-0.25, -0.2) is 0 Å². The molecular weight excluding hydrogens is 325 g/mol. The summed E-state index contributed by atoms with van der Waals surface area (Å²) in [6.07, 6.45) is 0. The zero-order valence-corrected chi connectivity index (χ0v) is 13.8. The molecule has 0 unspecified atom stereocenters. The maximum atomic E-state index is 12.1. The maximum absolute atomic E-state index is 12.1. The molecule has 0 aromatic heterocycles. The Hall–Kier alpha value is -1.16. The van der Waals surface area contributed by atoms with Crippen LogP contribution in [0.15, 0.2) is 48.5 Å². The van der Waals surface area contributed by atoms with E-state index < -0.39 is 0 Å². The Balaban J connectivity index is 1.89. The van der Waals surface area contributed by atoms with E-state index in [-0.39, 0.29) is 11.2 Å². The minimum Gasteiger partial charge on any atom is -0.325 e. The van der Waals surface area contributed by atoms with Crippen LogP contribution in [0.25, 0.3) is 0 Å². The van der Waals surface area contributed by atoms with E-state index >= 15 is 0 Å². The number of rotatable bonds is 5. The van der Waals surface area contributed by atoms with Gasteiger partial charge in [-0.05, 0) is 30.7 Å². The molecule has 2 aromatic carbocycles. The topological polar surface area (TPSA) is 29.1 Å². The summed E-state index contributed by atoms with van der Waals surface area (Å²) in [7, 11) is 0. The SMILES string of the molecule is C[C@H](SCc1ccccc1)C(=O)Nc1ccc(Cl)c(Cl)c1. The quantitative estimate of drug-likeness (QED) is 0.805. The molecule has 0 radical (unpaired) electrons. The summed E-state index contributed by atoms with van der Waals surface area (Å²) in [5.74, 6) is 0.755. The lowest BCUT2D eigenvalue weighted by Gasteiger charge is -2.12. The van der Waals surface area contributed by atoms with Gasteiger partial charge in [0.1, 0.15) is 0 Å². The summed E-state index contributed by atoms with van der Waals surface area (Å²) >= 11 is 13.4. The summed E-state index contributed by atoms with van der Waals surface area (Å²) < 4.78 is 0. The van der Waals surface area contributed by atoms with E-state index in [1.807, 2.05) is 25.1 Å². The van der Waals surface area contributed by atoms with Crippen LogP contribution in [0.3, 0.4) is 0 Å². The molecule has 1 atom stereocenters. The fourth-order valence-electron chi connectivity index (χ4n) is 1.69. The molecule has 0 aliphatic heterocycles. The Morgan fingerprint density at radius 3 is 2.52 bits per heavy atom. The Morgan fingerprint density at radius 2 is 1.86 bits per heavy atom. The van der Waals surface area contributed by atoms with Crippen LogP contribution in [-0.2, 0) is 10.5 Å². The average Bonchev–Trinajstić information content (AvgIpc) is 2.49. The molecular formula is C16H15Cl2NOS. The molecule has 2 rings (SSSR count). The van der Waals surface area contributed by atoms with Gasteiger partial charge in [0.15, 0.2) is 0 Å². The molecule has 110 valence electrons. The molecule has 21 heavy (non-hydrogen) atoms. The minimum absolute atomic E-state index is 0.0469. The number of benzene rings is 2. The monoisotopic (exact) mass is 339 g/mol. The number of carbonyl (C=O) groups is 1. The first-order valence-electron chi connectivity index (χ1n) is 6.47. The predicted octanol–water partition coefficient (Wildman–Crippen LogP) is 5.25. The highest BCUT2D eigenvalue weighted by molar-refractivity contribution is 7.99. The fraction of sp³-hybridized carbons (Fsp3) is 0.188. The van der Waals surface area contributed by atoms with Gasteiger partial charge in [-0.15, -0.1) is 11.8 Å². The zero-order chi connectivity index (χ0) is 15.2. The molecule has 0 fully saturated rings. The first kappa shape index (κ1) is 16.2. The Bertz CT molecular complexity index is 619. The van der Waals surface area contributed by atoms with Gasteiger partial charge in [0.25, 0.3) is 0 Å². The summed E-state index contributed by atoms with van der Waals surface area (Å²) in [5.41, 5.74) is 1.86. The Labute approximate surface area is 138 Å². The van der Waals surface area contributed by atoms with Gasteiger partial charge in [0, 0.05) is 11.4 Å². The highest BCUT2D eigenvalue weighted by Gasteiger charge is 2.14. The number of anilines is 1. The van der Waals surface area contributed by atoms with Crippen molar-refractivity contribution in [1.29, 1.82) is 0 Å². The first-order chi connectivity index (χ1) is 10.1. The zero-order valence-electron chi connectivity index (χ0n) is 11.5. The molecule has 0 spiro atoms. The summed E-state index contributed by atoms with van der Waals surface area (Å²) in [6, 6.07) is 15.1. The van der Waals surface area contributed by atoms with Gasteiger partial charge in [-0.1, -0.05) is 53.5 Å². The van der Waals surface area contributed by atoms with Gasteiger partial charge in [0.05, 0.1) is 15.3 Å². The lowest BCUT2D eigenvalue weighted by Crippen LogP contribution is -2.22. The van der Waals surface area contributed by atoms with Crippen molar-refractivity contribution >= 4 is 46.6 Å². The number of carbonyl (C=O) groups excluding carboxylic acids is 1. The molecule has 0 aliphatic rings. The molecule has 0 saturated carbocycles. The smallest absolute Gasteiger partial charge is 0.237 e. The lowest BCUT2D eigenvalue weighted by molar-refractivity contribution is -0.115. The highest BCUT2D eigenvalue weighted by atomic mass is 35.5. The molecule has 1 amide bonds. The minimum atomic E-state index is -0.153. The van der Waals surface area contributed by atoms with Crippen molar-refractivity contribution in [3.8, 4) is 0 Å². The summed E-state index contributed by atoms with van der Waals surface area (Å²) in [5, 5.41) is 3.59. The predicted molar refractivity (Wildman–Crippen MR) is 92.3 cm³/mol. The van der Waals surface area contributed by atoms with Gasteiger partial charge in [0.2, 0.25) is 5.91 Å². The molecule has 5 heteroatoms. The van der Waals surface area contributed by atoms with Crippen molar-refractivity contribution in [2.75, 3.05) is 5.32 Å². The fourth-order valence-corrected chi connectivity index (χ4v) is 2.83. The van der Waals surface area contributed by atoms with E-state index in [2.05, 4.69) is 17.4 Å². The van der Waals surface area contributed by atoms with Crippen LogP contribution in [-0.4, -0.2) is 11.2 Å². The van der Waals surface area contributed by atoms with E-state index in [1.54, 1.807) is 30.0 Å². The third-order valence-electron chi connectivity index (χ3n) is 2.90. The van der Waals surface area contributed by atoms with Gasteiger partial charge >= 0.3 is 0 Å². The van der Waals surface area contributed by atoms with E-state index in [9.17, 15) is 4.79 Å². The van der Waals surface area contributed by atoms with Crippen molar-refractivity contribution in [1.82, 2.24) is 0 Å². The number of nitrogens with one attached hydrogen (secondary N) is 1. The van der Waals surface area contributed by atoms with Gasteiger partial charge in [-0.2, -0.15) is 0 Å². The van der Waals surface area contributed by atoms with Crippen LogP contribution in [0.1, 0.15) is 12.5 Å². The van der Waals surface area contributed by atoms with E-state index in [0.717, 1.165) is 5.75 Å². The van der Waals surface area contributed by atoms with Gasteiger partial charge in [-0.3, -0.25) is 4.79 Å². The van der Waals surface area contributed by atoms with Crippen LogP contribution >= 0.6 is 35.0 Å². The van der Waals surface area contributed by atoms with E-state index in [4.69, 9.17) is 23.2 Å². The van der Waals surface area contributed by atoms with Crippen LogP contribution in [0.2, 0.25) is 10.0 Å². The first-order valence-corrected chi connectivity index (χ1v) is 8.28. The summed E-state index contributed by atoms with van der Waals surface area (Å²) in [6.45, 7) is 1.89. The number of halogens is 2. The van der Waals surface area contributed by atoms with Crippen molar-refractivity contribution in [3.05, 3.63) is 64.1 Å². The standard InChI is InChI=1S/C16H15Cl2NOS/c1-11(21-10-12-5-3-2-4-6-12)16(20)19-13-7-8-14(17)15(18)9-13/h2-9,11H,10H2,1H3,(H,19,20)/t11-/m0/s1. The number of hydrogen-bond donors (Lipinski definition) is 1. The molecule has 2 aromatic rings. The third kappa shape index (κ3) is 4.95. The van der Waals surface area contributed by atoms with E-state index in [1.165, 1.54) is 5.56 Å². The third-order valence-corrected chi connectivity index (χ3v) is 4.85. The molecule has 0 aliphatic carbocycles. The molecule has 0 heterocycles. The lowest BCUT2D eigenvalue weighted by atomic mass is 10.2.